The van der Waals surface area contributed by atoms with E-state index >= 15 is 0 Å². The molecule has 0 saturated carbocycles. The molecule has 0 fully saturated rings. The second-order valence-electron chi connectivity index (χ2n) is 1.57. The zero-order valence-corrected chi connectivity index (χ0v) is 5.21. The molecule has 8 heteroatoms. The van der Waals surface area contributed by atoms with Crippen LogP contribution in [0.15, 0.2) is 15.3 Å². The van der Waals surface area contributed by atoms with Gasteiger partial charge >= 0.3 is 12.1 Å². The Bertz CT molecular complexity index is 258. The van der Waals surface area contributed by atoms with Gasteiger partial charge < -0.3 is 0 Å². The maximum absolute atomic E-state index is 10.6. The normalized spacial score (nSPS) is 15.5. The van der Waals surface area contributed by atoms with Crippen LogP contribution < -0.4 is 0 Å². The van der Waals surface area contributed by atoms with Gasteiger partial charge in [-0.15, -0.1) is 0 Å². The van der Waals surface area contributed by atoms with Gasteiger partial charge in [0.25, 0.3) is 0 Å². The fourth-order valence-electron chi connectivity index (χ4n) is 0.488. The van der Waals surface area contributed by atoms with Gasteiger partial charge in [0, 0.05) is 4.91 Å². The molecule has 56 valence electrons. The Hall–Kier alpha value is -1.95. The molecule has 0 atom stereocenters. The number of imide groups is 1. The summed E-state index contributed by atoms with van der Waals surface area (Å²) in [5.74, 6) is 0. The van der Waals surface area contributed by atoms with Crippen molar-refractivity contribution in [1.82, 2.24) is 4.90 Å². The molecule has 4 amide bonds. The van der Waals surface area contributed by atoms with Crippen LogP contribution in [0.3, 0.4) is 0 Å². The summed E-state index contributed by atoms with van der Waals surface area (Å²) in [7, 11) is 0. The summed E-state index contributed by atoms with van der Waals surface area (Å²) >= 11 is 0. The third-order valence-corrected chi connectivity index (χ3v) is 0.951. The lowest BCUT2D eigenvalue weighted by molar-refractivity contribution is 0.207. The molecule has 1 aliphatic rings. The molecule has 1 rings (SSSR count). The predicted molar refractivity (Wildman–Crippen MR) is 31.5 cm³/mol. The van der Waals surface area contributed by atoms with Crippen LogP contribution in [-0.4, -0.2) is 23.6 Å². The van der Waals surface area contributed by atoms with Gasteiger partial charge in [-0.05, 0) is 5.53 Å². The molecule has 0 saturated heterocycles. The van der Waals surface area contributed by atoms with Crippen molar-refractivity contribution in [1.29, 1.82) is 0 Å². The van der Waals surface area contributed by atoms with Crippen molar-refractivity contribution in [2.45, 2.75) is 0 Å². The van der Waals surface area contributed by atoms with E-state index in [0.717, 1.165) is 0 Å². The van der Waals surface area contributed by atoms with E-state index in [4.69, 9.17) is 5.53 Å². The fraction of sp³-hybridized carbons (Fsp3) is 0.333. The van der Waals surface area contributed by atoms with Crippen molar-refractivity contribution in [3.05, 3.63) is 10.4 Å². The van der Waals surface area contributed by atoms with Crippen LogP contribution in [0.5, 0.6) is 0 Å². The highest BCUT2D eigenvalue weighted by atomic mass is 16.2. The number of carbonyl (C=O) groups is 2. The molecular formula is C3H2N6O2. The topological polar surface area (TPSA) is 111 Å². The fourth-order valence-corrected chi connectivity index (χ4v) is 0.488. The summed E-state index contributed by atoms with van der Waals surface area (Å²) in [5.41, 5.74) is 7.85. The van der Waals surface area contributed by atoms with E-state index in [-0.39, 0.29) is 6.67 Å². The lowest BCUT2D eigenvalue weighted by atomic mass is 10.8. The van der Waals surface area contributed by atoms with E-state index in [0.29, 0.717) is 4.90 Å². The molecule has 0 aromatic heterocycles. The maximum Gasteiger partial charge on any atom is 0.370 e. The smallest absolute Gasteiger partial charge is 0.244 e. The summed E-state index contributed by atoms with van der Waals surface area (Å²) in [6.07, 6.45) is 0. The molecule has 0 radical (unpaired) electrons. The van der Waals surface area contributed by atoms with Crippen molar-refractivity contribution >= 4 is 12.1 Å². The van der Waals surface area contributed by atoms with Gasteiger partial charge in [-0.2, -0.15) is 0 Å². The number of azide groups is 1. The Kier molecular flexibility index (Phi) is 1.79. The Balaban J connectivity index is 2.66. The molecule has 0 aromatic carbocycles. The second-order valence-corrected chi connectivity index (χ2v) is 1.57. The lowest BCUT2D eigenvalue weighted by Crippen LogP contribution is -2.27. The number of rotatable bonds is 2. The Morgan fingerprint density at radius 2 is 2.00 bits per heavy atom. The van der Waals surface area contributed by atoms with E-state index in [1.807, 2.05) is 0 Å². The van der Waals surface area contributed by atoms with Crippen molar-refractivity contribution in [2.24, 2.45) is 15.3 Å². The summed E-state index contributed by atoms with van der Waals surface area (Å²) in [4.78, 5) is 24.1. The molecule has 0 aliphatic carbocycles. The first-order valence-electron chi connectivity index (χ1n) is 2.54. The van der Waals surface area contributed by atoms with Crippen molar-refractivity contribution in [3.8, 4) is 0 Å². The third-order valence-electron chi connectivity index (χ3n) is 0.951. The number of nitrogens with zero attached hydrogens (tertiary/aromatic N) is 6. The summed E-state index contributed by atoms with van der Waals surface area (Å²) in [6.45, 7) is -0.360. The minimum atomic E-state index is -0.803. The van der Waals surface area contributed by atoms with E-state index in [1.54, 1.807) is 0 Å². The van der Waals surface area contributed by atoms with Crippen LogP contribution in [0.1, 0.15) is 0 Å². The first kappa shape index (κ1) is 7.16. The molecule has 0 aromatic rings. The average molecular weight is 154 g/mol. The minimum absolute atomic E-state index is 0.360. The van der Waals surface area contributed by atoms with Crippen LogP contribution in [0, 0.1) is 0 Å². The Morgan fingerprint density at radius 3 is 2.45 bits per heavy atom. The molecule has 0 N–H and O–H groups in total. The molecule has 1 aliphatic heterocycles. The monoisotopic (exact) mass is 154 g/mol. The summed E-state index contributed by atoms with van der Waals surface area (Å²) in [6, 6.07) is -1.61. The first-order valence-corrected chi connectivity index (χ1v) is 2.54. The van der Waals surface area contributed by atoms with Gasteiger partial charge in [-0.3, -0.25) is 0 Å². The van der Waals surface area contributed by atoms with E-state index in [2.05, 4.69) is 20.3 Å². The Labute approximate surface area is 60.1 Å². The minimum Gasteiger partial charge on any atom is -0.244 e. The standard InChI is InChI=1S/C3H2N6O2/c4-8-5-1-9-2(10)6-7-3(9)11/h1H2. The number of hydrogen-bond donors (Lipinski definition) is 0. The second kappa shape index (κ2) is 2.76. The van der Waals surface area contributed by atoms with Crippen LogP contribution in [0.25, 0.3) is 10.4 Å². The Morgan fingerprint density at radius 1 is 1.45 bits per heavy atom. The van der Waals surface area contributed by atoms with E-state index in [9.17, 15) is 9.59 Å². The predicted octanol–water partition coefficient (Wildman–Crippen LogP) is 1.26. The zero-order chi connectivity index (χ0) is 8.27. The molecule has 0 spiro atoms. The number of carbonyl (C=O) groups excluding carboxylic acids is 2. The van der Waals surface area contributed by atoms with Crippen LogP contribution in [0.2, 0.25) is 0 Å². The molecule has 11 heavy (non-hydrogen) atoms. The van der Waals surface area contributed by atoms with Gasteiger partial charge in [-0.1, -0.05) is 15.3 Å². The molecule has 0 bridgehead atoms. The SMILES string of the molecule is [N-]=[N+]=NCN1C(=O)N=NC1=O. The van der Waals surface area contributed by atoms with Gasteiger partial charge in [0.1, 0.15) is 6.67 Å². The summed E-state index contributed by atoms with van der Waals surface area (Å²) < 4.78 is 0. The van der Waals surface area contributed by atoms with Gasteiger partial charge in [-0.25, -0.2) is 14.5 Å². The highest BCUT2D eigenvalue weighted by Gasteiger charge is 2.25. The van der Waals surface area contributed by atoms with Crippen LogP contribution in [0.4, 0.5) is 9.59 Å². The number of azo groups is 1. The van der Waals surface area contributed by atoms with Crippen LogP contribution in [-0.2, 0) is 0 Å². The van der Waals surface area contributed by atoms with Crippen molar-refractivity contribution in [3.63, 3.8) is 0 Å². The first-order chi connectivity index (χ1) is 5.25. The molecule has 8 nitrogen and oxygen atoms in total. The van der Waals surface area contributed by atoms with E-state index in [1.165, 1.54) is 0 Å². The third kappa shape index (κ3) is 1.30. The highest BCUT2D eigenvalue weighted by Crippen LogP contribution is 2.06. The zero-order valence-electron chi connectivity index (χ0n) is 5.21. The van der Waals surface area contributed by atoms with Crippen LogP contribution >= 0.6 is 0 Å². The number of amides is 4. The highest BCUT2D eigenvalue weighted by molar-refractivity contribution is 5.98. The maximum atomic E-state index is 10.6. The number of hydrogen-bond acceptors (Lipinski definition) is 3. The van der Waals surface area contributed by atoms with Crippen molar-refractivity contribution in [2.75, 3.05) is 6.67 Å². The molecular weight excluding hydrogens is 152 g/mol. The molecule has 1 heterocycles. The largest absolute Gasteiger partial charge is 0.370 e. The average Bonchev–Trinajstić information content (AvgIpc) is 2.29. The van der Waals surface area contributed by atoms with Crippen molar-refractivity contribution < 1.29 is 9.59 Å². The summed E-state index contributed by atoms with van der Waals surface area (Å²) in [5, 5.41) is 8.86. The van der Waals surface area contributed by atoms with Gasteiger partial charge in [0.05, 0.1) is 0 Å². The lowest BCUT2D eigenvalue weighted by Gasteiger charge is -2.03. The van der Waals surface area contributed by atoms with Gasteiger partial charge in [0.2, 0.25) is 0 Å². The number of urea groups is 2. The quantitative estimate of drug-likeness (QED) is 0.338. The molecule has 0 unspecified atom stereocenters. The van der Waals surface area contributed by atoms with Gasteiger partial charge in [0.15, 0.2) is 0 Å². The van der Waals surface area contributed by atoms with E-state index < -0.39 is 12.1 Å².